The van der Waals surface area contributed by atoms with Gasteiger partial charge in [0.25, 0.3) is 0 Å². The van der Waals surface area contributed by atoms with Gasteiger partial charge in [0.2, 0.25) is 6.29 Å². The average molecular weight is 234 g/mol. The molecule has 6 nitrogen and oxygen atoms in total. The Hall–Kier alpha value is -1.79. The number of nitrogens with zero attached hydrogens (tertiary/aromatic N) is 4. The average Bonchev–Trinajstić information content (AvgIpc) is 2.78. The molecule has 2 rings (SSSR count). The van der Waals surface area contributed by atoms with E-state index in [0.717, 1.165) is 5.56 Å². The lowest BCUT2D eigenvalue weighted by Gasteiger charge is -2.12. The minimum Gasteiger partial charge on any atom is -0.350 e. The van der Waals surface area contributed by atoms with Crippen LogP contribution in [0.3, 0.4) is 0 Å². The van der Waals surface area contributed by atoms with Crippen LogP contribution in [0.1, 0.15) is 12.0 Å². The van der Waals surface area contributed by atoms with Crippen molar-refractivity contribution in [3.8, 4) is 11.4 Å². The Morgan fingerprint density at radius 1 is 1.29 bits per heavy atom. The molecule has 0 N–H and O–H groups in total. The van der Waals surface area contributed by atoms with Crippen molar-refractivity contribution in [2.45, 2.75) is 6.29 Å². The molecule has 2 aromatic rings. The summed E-state index contributed by atoms with van der Waals surface area (Å²) in [6, 6.07) is 1.76. The van der Waals surface area contributed by atoms with Crippen molar-refractivity contribution in [3.63, 3.8) is 0 Å². The molecular formula is C11H14N4O2. The maximum Gasteiger partial charge on any atom is 0.200 e. The van der Waals surface area contributed by atoms with Gasteiger partial charge < -0.3 is 9.47 Å². The minimum absolute atomic E-state index is 0.478. The minimum atomic E-state index is -0.478. The van der Waals surface area contributed by atoms with Gasteiger partial charge in [-0.05, 0) is 6.07 Å². The Labute approximate surface area is 99.2 Å². The second-order valence-electron chi connectivity index (χ2n) is 3.51. The van der Waals surface area contributed by atoms with E-state index in [4.69, 9.17) is 9.47 Å². The first-order valence-corrected chi connectivity index (χ1v) is 5.12. The standard InChI is InChI=1S/C11H14N4O2/c1-15-7-8(6-13-15)10-12-5-4-9(14-10)11(16-2)17-3/h4-7,11H,1-3H3. The summed E-state index contributed by atoms with van der Waals surface area (Å²) in [7, 11) is 4.99. The monoisotopic (exact) mass is 234 g/mol. The molecule has 90 valence electrons. The Balaban J connectivity index is 2.34. The van der Waals surface area contributed by atoms with E-state index in [2.05, 4.69) is 15.1 Å². The van der Waals surface area contributed by atoms with Gasteiger partial charge in [-0.1, -0.05) is 0 Å². The summed E-state index contributed by atoms with van der Waals surface area (Å²) in [6.07, 6.45) is 4.77. The zero-order valence-corrected chi connectivity index (χ0v) is 9.99. The van der Waals surface area contributed by atoms with E-state index in [-0.39, 0.29) is 0 Å². The highest BCUT2D eigenvalue weighted by Gasteiger charge is 2.12. The van der Waals surface area contributed by atoms with Gasteiger partial charge >= 0.3 is 0 Å². The summed E-state index contributed by atoms with van der Waals surface area (Å²) < 4.78 is 12.0. The molecule has 0 aromatic carbocycles. The molecule has 2 heterocycles. The van der Waals surface area contributed by atoms with Crippen LogP contribution in [0.2, 0.25) is 0 Å². The summed E-state index contributed by atoms with van der Waals surface area (Å²) in [5, 5.41) is 4.08. The highest BCUT2D eigenvalue weighted by molar-refractivity contribution is 5.51. The zero-order valence-electron chi connectivity index (χ0n) is 9.99. The molecule has 0 saturated heterocycles. The van der Waals surface area contributed by atoms with Crippen LogP contribution in [0.25, 0.3) is 11.4 Å². The highest BCUT2D eigenvalue weighted by atomic mass is 16.7. The lowest BCUT2D eigenvalue weighted by atomic mass is 10.3. The van der Waals surface area contributed by atoms with Gasteiger partial charge in [0.05, 0.1) is 11.8 Å². The fraction of sp³-hybridized carbons (Fsp3) is 0.364. The van der Waals surface area contributed by atoms with Crippen molar-refractivity contribution in [3.05, 3.63) is 30.4 Å². The van der Waals surface area contributed by atoms with Gasteiger partial charge in [-0.25, -0.2) is 9.97 Å². The molecule has 0 spiro atoms. The number of aromatic nitrogens is 4. The Morgan fingerprint density at radius 3 is 2.65 bits per heavy atom. The van der Waals surface area contributed by atoms with Gasteiger partial charge in [-0.15, -0.1) is 0 Å². The smallest absolute Gasteiger partial charge is 0.200 e. The summed E-state index contributed by atoms with van der Waals surface area (Å²) in [6.45, 7) is 0. The van der Waals surface area contributed by atoms with E-state index in [1.807, 2.05) is 13.2 Å². The maximum atomic E-state index is 5.15. The first kappa shape index (κ1) is 11.7. The second-order valence-corrected chi connectivity index (χ2v) is 3.51. The molecule has 6 heteroatoms. The number of methoxy groups -OCH3 is 2. The number of aryl methyl sites for hydroxylation is 1. The van der Waals surface area contributed by atoms with Crippen LogP contribution in [-0.2, 0) is 16.5 Å². The Morgan fingerprint density at radius 2 is 2.06 bits per heavy atom. The van der Waals surface area contributed by atoms with Crippen LogP contribution in [0.4, 0.5) is 0 Å². The number of rotatable bonds is 4. The van der Waals surface area contributed by atoms with Gasteiger partial charge in [-0.3, -0.25) is 4.68 Å². The summed E-state index contributed by atoms with van der Waals surface area (Å²) in [5.74, 6) is 0.606. The SMILES string of the molecule is COC(OC)c1ccnc(-c2cnn(C)c2)n1. The van der Waals surface area contributed by atoms with Crippen molar-refractivity contribution in [2.24, 2.45) is 7.05 Å². The van der Waals surface area contributed by atoms with E-state index in [1.54, 1.807) is 37.4 Å². The zero-order chi connectivity index (χ0) is 12.3. The quantitative estimate of drug-likeness (QED) is 0.743. The maximum absolute atomic E-state index is 5.15. The van der Waals surface area contributed by atoms with Crippen LogP contribution < -0.4 is 0 Å². The van der Waals surface area contributed by atoms with Crippen LogP contribution in [-0.4, -0.2) is 34.0 Å². The molecule has 0 saturated carbocycles. The van der Waals surface area contributed by atoms with E-state index in [0.29, 0.717) is 11.5 Å². The van der Waals surface area contributed by atoms with Crippen molar-refractivity contribution >= 4 is 0 Å². The fourth-order valence-corrected chi connectivity index (χ4v) is 1.52. The topological polar surface area (TPSA) is 62.1 Å². The van der Waals surface area contributed by atoms with Crippen molar-refractivity contribution in [1.82, 2.24) is 19.7 Å². The molecule has 0 amide bonds. The molecule has 0 aliphatic heterocycles. The number of ether oxygens (including phenoxy) is 2. The van der Waals surface area contributed by atoms with Crippen LogP contribution in [0.15, 0.2) is 24.7 Å². The summed E-state index contributed by atoms with van der Waals surface area (Å²) in [4.78, 5) is 8.58. The first-order valence-electron chi connectivity index (χ1n) is 5.12. The van der Waals surface area contributed by atoms with Gasteiger partial charge in [-0.2, -0.15) is 5.10 Å². The lowest BCUT2D eigenvalue weighted by Crippen LogP contribution is -2.07. The molecule has 0 aliphatic carbocycles. The van der Waals surface area contributed by atoms with Gasteiger partial charge in [0.15, 0.2) is 5.82 Å². The van der Waals surface area contributed by atoms with E-state index < -0.39 is 6.29 Å². The summed E-state index contributed by atoms with van der Waals surface area (Å²) >= 11 is 0. The van der Waals surface area contributed by atoms with E-state index in [9.17, 15) is 0 Å². The Kier molecular flexibility index (Phi) is 3.46. The summed E-state index contributed by atoms with van der Waals surface area (Å²) in [5.41, 5.74) is 1.55. The molecular weight excluding hydrogens is 220 g/mol. The molecule has 0 unspecified atom stereocenters. The molecule has 2 aromatic heterocycles. The third-order valence-corrected chi connectivity index (χ3v) is 2.31. The molecule has 0 atom stereocenters. The van der Waals surface area contributed by atoms with Crippen LogP contribution >= 0.6 is 0 Å². The van der Waals surface area contributed by atoms with Crippen molar-refractivity contribution < 1.29 is 9.47 Å². The van der Waals surface area contributed by atoms with Crippen molar-refractivity contribution in [1.29, 1.82) is 0 Å². The molecule has 0 radical (unpaired) electrons. The molecule has 17 heavy (non-hydrogen) atoms. The lowest BCUT2D eigenvalue weighted by molar-refractivity contribution is -0.108. The molecule has 0 fully saturated rings. The van der Waals surface area contributed by atoms with Crippen LogP contribution in [0, 0.1) is 0 Å². The number of hydrogen-bond donors (Lipinski definition) is 0. The fourth-order valence-electron chi connectivity index (χ4n) is 1.52. The van der Waals surface area contributed by atoms with Gasteiger partial charge in [0, 0.05) is 33.7 Å². The number of hydrogen-bond acceptors (Lipinski definition) is 5. The van der Waals surface area contributed by atoms with Crippen LogP contribution in [0.5, 0.6) is 0 Å². The first-order chi connectivity index (χ1) is 8.24. The van der Waals surface area contributed by atoms with E-state index >= 15 is 0 Å². The van der Waals surface area contributed by atoms with Crippen molar-refractivity contribution in [2.75, 3.05) is 14.2 Å². The van der Waals surface area contributed by atoms with E-state index in [1.165, 1.54) is 0 Å². The second kappa shape index (κ2) is 5.03. The Bertz CT molecular complexity index is 494. The molecule has 0 aliphatic rings. The highest BCUT2D eigenvalue weighted by Crippen LogP contribution is 2.18. The normalized spacial score (nSPS) is 11.1. The predicted octanol–water partition coefficient (Wildman–Crippen LogP) is 1.17. The third-order valence-electron chi connectivity index (χ3n) is 2.31. The largest absolute Gasteiger partial charge is 0.350 e. The third kappa shape index (κ3) is 2.48. The predicted molar refractivity (Wildman–Crippen MR) is 61.0 cm³/mol. The molecule has 0 bridgehead atoms. The van der Waals surface area contributed by atoms with Gasteiger partial charge in [0.1, 0.15) is 5.69 Å².